The molecule has 0 saturated heterocycles. The number of nitrogens with one attached hydrogen (secondary N) is 1. The number of methoxy groups -OCH3 is 1. The van der Waals surface area contributed by atoms with Gasteiger partial charge in [0.15, 0.2) is 11.6 Å². The SMILES string of the molecule is COCCCOc1cc(C[C@@H](C[C@H](N)[C@@H](O)C[C@H](C(=O)NCC2(N)CC2)C(C)C)C(C)C)ccc1F. The number of amides is 1. The Hall–Kier alpha value is -1.74. The van der Waals surface area contributed by atoms with Crippen molar-refractivity contribution in [3.05, 3.63) is 29.6 Å². The van der Waals surface area contributed by atoms with Gasteiger partial charge in [-0.1, -0.05) is 33.8 Å². The van der Waals surface area contributed by atoms with E-state index in [-0.39, 0.29) is 40.8 Å². The first-order valence-corrected chi connectivity index (χ1v) is 13.4. The zero-order valence-corrected chi connectivity index (χ0v) is 22.8. The molecule has 1 aromatic carbocycles. The minimum Gasteiger partial charge on any atom is -0.490 e. The molecule has 8 heteroatoms. The van der Waals surface area contributed by atoms with Crippen molar-refractivity contribution in [3.8, 4) is 5.75 Å². The number of hydrogen-bond donors (Lipinski definition) is 4. The van der Waals surface area contributed by atoms with Gasteiger partial charge in [0.2, 0.25) is 5.91 Å². The van der Waals surface area contributed by atoms with Gasteiger partial charge in [-0.25, -0.2) is 4.39 Å². The van der Waals surface area contributed by atoms with E-state index in [0.29, 0.717) is 51.4 Å². The highest BCUT2D eigenvalue weighted by molar-refractivity contribution is 5.79. The zero-order chi connectivity index (χ0) is 26.9. The van der Waals surface area contributed by atoms with Gasteiger partial charge >= 0.3 is 0 Å². The summed E-state index contributed by atoms with van der Waals surface area (Å²) in [4.78, 5) is 12.8. The third kappa shape index (κ3) is 9.96. The largest absolute Gasteiger partial charge is 0.490 e. The number of carbonyl (C=O) groups excluding carboxylic acids is 1. The molecule has 0 heterocycles. The predicted octanol–water partition coefficient (Wildman–Crippen LogP) is 3.40. The number of halogens is 1. The van der Waals surface area contributed by atoms with Crippen molar-refractivity contribution in [1.29, 1.82) is 0 Å². The number of rotatable bonds is 17. The summed E-state index contributed by atoms with van der Waals surface area (Å²) in [6, 6.07) is 4.49. The number of carbonyl (C=O) groups is 1. The summed E-state index contributed by atoms with van der Waals surface area (Å²) in [5, 5.41) is 13.9. The maximum atomic E-state index is 14.2. The van der Waals surface area contributed by atoms with Crippen LogP contribution in [0.2, 0.25) is 0 Å². The topological polar surface area (TPSA) is 120 Å². The Morgan fingerprint density at radius 3 is 2.44 bits per heavy atom. The zero-order valence-electron chi connectivity index (χ0n) is 22.8. The summed E-state index contributed by atoms with van der Waals surface area (Å²) in [6.07, 6.45) is 3.34. The molecule has 206 valence electrons. The molecule has 0 aliphatic heterocycles. The Bertz CT molecular complexity index is 816. The fourth-order valence-corrected chi connectivity index (χ4v) is 4.42. The standard InChI is InChI=1S/C28H48FN3O4/c1-18(2)21(13-20-7-8-23(29)26(14-20)36-12-6-11-35-5)15-24(30)25(33)16-22(19(3)4)27(34)32-17-28(31)9-10-28/h7-8,14,18-19,21-22,24-25,33H,6,9-13,15-17,30-31H2,1-5H3,(H,32,34)/t21-,22-,24-,25-/m0/s1. The summed E-state index contributed by atoms with van der Waals surface area (Å²) in [5.74, 6) is 0.0136. The highest BCUT2D eigenvalue weighted by atomic mass is 19.1. The van der Waals surface area contributed by atoms with E-state index in [9.17, 15) is 14.3 Å². The lowest BCUT2D eigenvalue weighted by atomic mass is 9.81. The molecule has 1 aliphatic carbocycles. The lowest BCUT2D eigenvalue weighted by molar-refractivity contribution is -0.127. The van der Waals surface area contributed by atoms with E-state index >= 15 is 0 Å². The molecule has 2 rings (SSSR count). The second-order valence-corrected chi connectivity index (χ2v) is 11.3. The third-order valence-corrected chi connectivity index (χ3v) is 7.40. The number of benzene rings is 1. The van der Waals surface area contributed by atoms with Gasteiger partial charge in [-0.2, -0.15) is 0 Å². The van der Waals surface area contributed by atoms with Crippen molar-refractivity contribution in [2.75, 3.05) is 26.9 Å². The van der Waals surface area contributed by atoms with Crippen LogP contribution in [0.5, 0.6) is 5.75 Å². The Morgan fingerprint density at radius 1 is 1.17 bits per heavy atom. The van der Waals surface area contributed by atoms with Gasteiger partial charge in [0.05, 0.1) is 12.7 Å². The minimum absolute atomic E-state index is 0.0715. The molecule has 7 nitrogen and oxygen atoms in total. The number of hydrogen-bond acceptors (Lipinski definition) is 6. The molecule has 0 radical (unpaired) electrons. The first kappa shape index (κ1) is 30.5. The van der Waals surface area contributed by atoms with Gasteiger partial charge in [0, 0.05) is 44.2 Å². The Labute approximate surface area is 216 Å². The van der Waals surface area contributed by atoms with Crippen LogP contribution in [0.4, 0.5) is 4.39 Å². The molecular weight excluding hydrogens is 461 g/mol. The van der Waals surface area contributed by atoms with Crippen molar-refractivity contribution >= 4 is 5.91 Å². The van der Waals surface area contributed by atoms with Gasteiger partial charge in [-0.3, -0.25) is 4.79 Å². The summed E-state index contributed by atoms with van der Waals surface area (Å²) >= 11 is 0. The van der Waals surface area contributed by atoms with Crippen molar-refractivity contribution in [3.63, 3.8) is 0 Å². The Kier molecular flexibility index (Phi) is 12.1. The van der Waals surface area contributed by atoms with Crippen LogP contribution in [-0.4, -0.2) is 55.6 Å². The van der Waals surface area contributed by atoms with Gasteiger partial charge in [-0.05, 0) is 67.6 Å². The average molecular weight is 510 g/mol. The molecular formula is C28H48FN3O4. The number of ether oxygens (including phenoxy) is 2. The molecule has 0 aromatic heterocycles. The minimum atomic E-state index is -0.801. The lowest BCUT2D eigenvalue weighted by Crippen LogP contribution is -2.45. The molecule has 1 aliphatic rings. The quantitative estimate of drug-likeness (QED) is 0.239. The molecule has 0 unspecified atom stereocenters. The predicted molar refractivity (Wildman–Crippen MR) is 141 cm³/mol. The number of aliphatic hydroxyl groups excluding tert-OH is 1. The smallest absolute Gasteiger partial charge is 0.223 e. The molecule has 1 saturated carbocycles. The van der Waals surface area contributed by atoms with Crippen molar-refractivity contribution < 1.29 is 23.8 Å². The molecule has 36 heavy (non-hydrogen) atoms. The second kappa shape index (κ2) is 14.3. The van der Waals surface area contributed by atoms with E-state index in [2.05, 4.69) is 19.2 Å². The van der Waals surface area contributed by atoms with E-state index in [4.69, 9.17) is 20.9 Å². The van der Waals surface area contributed by atoms with Crippen LogP contribution < -0.4 is 21.5 Å². The fraction of sp³-hybridized carbons (Fsp3) is 0.750. The highest BCUT2D eigenvalue weighted by Crippen LogP contribution is 2.32. The van der Waals surface area contributed by atoms with Crippen LogP contribution in [0.3, 0.4) is 0 Å². The first-order valence-electron chi connectivity index (χ1n) is 13.4. The monoisotopic (exact) mass is 509 g/mol. The molecule has 1 amide bonds. The molecule has 1 fully saturated rings. The van der Waals surface area contributed by atoms with Gasteiger partial charge in [-0.15, -0.1) is 0 Å². The molecule has 0 bridgehead atoms. The maximum absolute atomic E-state index is 14.2. The summed E-state index contributed by atoms with van der Waals surface area (Å²) in [5.41, 5.74) is 13.3. The van der Waals surface area contributed by atoms with E-state index < -0.39 is 12.1 Å². The number of nitrogens with two attached hydrogens (primary N) is 2. The van der Waals surface area contributed by atoms with Gasteiger partial charge in [0.1, 0.15) is 0 Å². The van der Waals surface area contributed by atoms with Crippen LogP contribution in [0, 0.1) is 29.5 Å². The van der Waals surface area contributed by atoms with E-state index in [0.717, 1.165) is 18.4 Å². The highest BCUT2D eigenvalue weighted by Gasteiger charge is 2.39. The molecule has 1 aromatic rings. The normalized spacial score (nSPS) is 18.1. The van der Waals surface area contributed by atoms with E-state index in [1.165, 1.54) is 6.07 Å². The van der Waals surface area contributed by atoms with Crippen LogP contribution >= 0.6 is 0 Å². The van der Waals surface area contributed by atoms with Crippen molar-refractivity contribution in [1.82, 2.24) is 5.32 Å². The molecule has 0 spiro atoms. The van der Waals surface area contributed by atoms with E-state index in [1.54, 1.807) is 19.2 Å². The van der Waals surface area contributed by atoms with Crippen LogP contribution in [0.15, 0.2) is 18.2 Å². The Morgan fingerprint density at radius 2 is 1.86 bits per heavy atom. The Balaban J connectivity index is 1.96. The first-order chi connectivity index (χ1) is 17.0. The van der Waals surface area contributed by atoms with Crippen LogP contribution in [0.1, 0.15) is 65.4 Å². The van der Waals surface area contributed by atoms with Gasteiger partial charge in [0.25, 0.3) is 0 Å². The molecule has 6 N–H and O–H groups in total. The third-order valence-electron chi connectivity index (χ3n) is 7.40. The van der Waals surface area contributed by atoms with Crippen LogP contribution in [0.25, 0.3) is 0 Å². The lowest BCUT2D eigenvalue weighted by Gasteiger charge is -2.30. The maximum Gasteiger partial charge on any atom is 0.223 e. The van der Waals surface area contributed by atoms with Crippen LogP contribution in [-0.2, 0) is 16.0 Å². The van der Waals surface area contributed by atoms with Crippen molar-refractivity contribution in [2.24, 2.45) is 35.1 Å². The molecule has 4 atom stereocenters. The fourth-order valence-electron chi connectivity index (χ4n) is 4.42. The summed E-state index contributed by atoms with van der Waals surface area (Å²) in [7, 11) is 1.62. The van der Waals surface area contributed by atoms with Crippen molar-refractivity contribution in [2.45, 2.75) is 83.9 Å². The van der Waals surface area contributed by atoms with E-state index in [1.807, 2.05) is 13.8 Å². The second-order valence-electron chi connectivity index (χ2n) is 11.3. The number of aliphatic hydroxyl groups is 1. The summed E-state index contributed by atoms with van der Waals surface area (Å²) < 4.78 is 24.8. The summed E-state index contributed by atoms with van der Waals surface area (Å²) in [6.45, 7) is 9.64. The van der Waals surface area contributed by atoms with Gasteiger partial charge < -0.3 is 31.4 Å². The average Bonchev–Trinajstić information content (AvgIpc) is 3.56.